The van der Waals surface area contributed by atoms with E-state index in [0.717, 1.165) is 21.3 Å². The molecule has 0 aliphatic carbocycles. The van der Waals surface area contributed by atoms with Crippen LogP contribution in [0.2, 0.25) is 0 Å². The van der Waals surface area contributed by atoms with Crippen LogP contribution in [0.1, 0.15) is 24.1 Å². The van der Waals surface area contributed by atoms with Crippen LogP contribution >= 0.6 is 15.9 Å². The van der Waals surface area contributed by atoms with Gasteiger partial charge in [0.2, 0.25) is 0 Å². The molecule has 0 aliphatic rings. The molecular weight excluding hydrogens is 356 g/mol. The first-order chi connectivity index (χ1) is 11.1. The van der Waals surface area contributed by atoms with Crippen molar-refractivity contribution in [1.29, 1.82) is 0 Å². The van der Waals surface area contributed by atoms with Gasteiger partial charge in [-0.2, -0.15) is 0 Å². The molecule has 0 saturated carbocycles. The average Bonchev–Trinajstić information content (AvgIpc) is 2.58. The molecule has 0 aliphatic heterocycles. The van der Waals surface area contributed by atoms with E-state index < -0.39 is 0 Å². The van der Waals surface area contributed by atoms with Crippen molar-refractivity contribution in [2.45, 2.75) is 19.5 Å². The van der Waals surface area contributed by atoms with E-state index in [4.69, 9.17) is 4.74 Å². The number of halogens is 1. The molecule has 0 fully saturated rings. The summed E-state index contributed by atoms with van der Waals surface area (Å²) in [4.78, 5) is 11.9. The maximum Gasteiger partial charge on any atom is 0.275 e. The van der Waals surface area contributed by atoms with Crippen molar-refractivity contribution in [1.82, 2.24) is 5.32 Å². The highest BCUT2D eigenvalue weighted by Crippen LogP contribution is 2.26. The van der Waals surface area contributed by atoms with Crippen LogP contribution in [-0.2, 0) is 11.3 Å². The Morgan fingerprint density at radius 3 is 2.65 bits per heavy atom. The van der Waals surface area contributed by atoms with Crippen LogP contribution in [0, 0.1) is 0 Å². The standard InChI is InChI=1S/C18H21BrN2O2/c1-13(15-8-9-17(23-2)16(19)10-15)20-12-18(22)21-11-14-6-4-3-5-7-14/h3-10,13,20H,11-12H2,1-2H3,(H,21,22)/p+1/t13-/m0/s1. The summed E-state index contributed by atoms with van der Waals surface area (Å²) in [6.45, 7) is 3.05. The predicted molar refractivity (Wildman–Crippen MR) is 94.2 cm³/mol. The second kappa shape index (κ2) is 8.70. The van der Waals surface area contributed by atoms with Crippen LogP contribution in [0.3, 0.4) is 0 Å². The third-order valence-corrected chi connectivity index (χ3v) is 4.31. The van der Waals surface area contributed by atoms with Crippen molar-refractivity contribution in [3.63, 3.8) is 0 Å². The van der Waals surface area contributed by atoms with Gasteiger partial charge in [0, 0.05) is 12.1 Å². The van der Waals surface area contributed by atoms with Gasteiger partial charge >= 0.3 is 0 Å². The molecule has 0 radical (unpaired) electrons. The lowest BCUT2D eigenvalue weighted by Crippen LogP contribution is -2.87. The molecule has 0 saturated heterocycles. The quantitative estimate of drug-likeness (QED) is 0.778. The van der Waals surface area contributed by atoms with Crippen molar-refractivity contribution < 1.29 is 14.8 Å². The first-order valence-corrected chi connectivity index (χ1v) is 8.37. The number of carbonyl (C=O) groups excluding carboxylic acids is 1. The highest BCUT2D eigenvalue weighted by molar-refractivity contribution is 9.10. The topological polar surface area (TPSA) is 54.9 Å². The van der Waals surface area contributed by atoms with E-state index >= 15 is 0 Å². The smallest absolute Gasteiger partial charge is 0.275 e. The number of hydrogen-bond acceptors (Lipinski definition) is 2. The number of amides is 1. The Balaban J connectivity index is 1.80. The predicted octanol–water partition coefficient (Wildman–Crippen LogP) is 2.40. The summed E-state index contributed by atoms with van der Waals surface area (Å²) in [6, 6.07) is 16.1. The fraction of sp³-hybridized carbons (Fsp3) is 0.278. The third kappa shape index (κ3) is 5.37. The maximum absolute atomic E-state index is 11.9. The molecule has 2 aromatic carbocycles. The van der Waals surface area contributed by atoms with Gasteiger partial charge < -0.3 is 15.4 Å². The highest BCUT2D eigenvalue weighted by Gasteiger charge is 2.13. The zero-order valence-electron chi connectivity index (χ0n) is 13.4. The van der Waals surface area contributed by atoms with Crippen molar-refractivity contribution >= 4 is 21.8 Å². The van der Waals surface area contributed by atoms with Crippen LogP contribution in [-0.4, -0.2) is 19.6 Å². The Bertz CT molecular complexity index is 647. The van der Waals surface area contributed by atoms with Crippen LogP contribution in [0.25, 0.3) is 0 Å². The van der Waals surface area contributed by atoms with E-state index in [9.17, 15) is 4.79 Å². The van der Waals surface area contributed by atoms with Crippen molar-refractivity contribution in [3.05, 3.63) is 64.1 Å². The highest BCUT2D eigenvalue weighted by atomic mass is 79.9. The molecule has 23 heavy (non-hydrogen) atoms. The minimum Gasteiger partial charge on any atom is -0.496 e. The Hall–Kier alpha value is -1.85. The Morgan fingerprint density at radius 1 is 1.26 bits per heavy atom. The summed E-state index contributed by atoms with van der Waals surface area (Å²) in [5, 5.41) is 4.96. The number of quaternary nitrogens is 1. The first-order valence-electron chi connectivity index (χ1n) is 7.57. The number of nitrogens with two attached hydrogens (primary N) is 1. The molecule has 0 unspecified atom stereocenters. The molecule has 1 atom stereocenters. The summed E-state index contributed by atoms with van der Waals surface area (Å²) < 4.78 is 6.15. The van der Waals surface area contributed by atoms with Gasteiger partial charge in [0.1, 0.15) is 11.8 Å². The van der Waals surface area contributed by atoms with Crippen LogP contribution in [0.4, 0.5) is 0 Å². The zero-order valence-corrected chi connectivity index (χ0v) is 15.0. The fourth-order valence-corrected chi connectivity index (χ4v) is 2.81. The molecule has 5 heteroatoms. The van der Waals surface area contributed by atoms with E-state index in [1.54, 1.807) is 7.11 Å². The zero-order chi connectivity index (χ0) is 16.7. The molecule has 4 nitrogen and oxygen atoms in total. The molecule has 0 heterocycles. The molecule has 2 rings (SSSR count). The lowest BCUT2D eigenvalue weighted by Gasteiger charge is -2.13. The van der Waals surface area contributed by atoms with Crippen LogP contribution < -0.4 is 15.4 Å². The number of ether oxygens (including phenoxy) is 1. The number of nitrogens with one attached hydrogen (secondary N) is 1. The largest absolute Gasteiger partial charge is 0.496 e. The average molecular weight is 378 g/mol. The van der Waals surface area contributed by atoms with Gasteiger partial charge in [-0.05, 0) is 46.6 Å². The summed E-state index contributed by atoms with van der Waals surface area (Å²) in [5.74, 6) is 0.842. The third-order valence-electron chi connectivity index (χ3n) is 3.69. The SMILES string of the molecule is COc1ccc([C@H](C)[NH2+]CC(=O)NCc2ccccc2)cc1Br. The number of carbonyl (C=O) groups is 1. The number of methoxy groups -OCH3 is 1. The minimum absolute atomic E-state index is 0.0354. The normalized spacial score (nSPS) is 11.8. The van der Waals surface area contributed by atoms with E-state index in [1.165, 1.54) is 0 Å². The Kier molecular flexibility index (Phi) is 6.62. The summed E-state index contributed by atoms with van der Waals surface area (Å²) in [6.07, 6.45) is 0. The second-order valence-electron chi connectivity index (χ2n) is 5.38. The minimum atomic E-state index is 0.0354. The van der Waals surface area contributed by atoms with E-state index in [1.807, 2.05) is 53.8 Å². The lowest BCUT2D eigenvalue weighted by molar-refractivity contribution is -0.682. The Labute approximate surface area is 145 Å². The van der Waals surface area contributed by atoms with E-state index in [2.05, 4.69) is 28.2 Å². The van der Waals surface area contributed by atoms with Crippen molar-refractivity contribution in [2.75, 3.05) is 13.7 Å². The van der Waals surface area contributed by atoms with Gasteiger partial charge in [-0.3, -0.25) is 4.79 Å². The van der Waals surface area contributed by atoms with Crippen molar-refractivity contribution in [2.24, 2.45) is 0 Å². The Morgan fingerprint density at radius 2 is 2.00 bits per heavy atom. The van der Waals surface area contributed by atoms with Crippen molar-refractivity contribution in [3.8, 4) is 5.75 Å². The lowest BCUT2D eigenvalue weighted by atomic mass is 10.1. The van der Waals surface area contributed by atoms with Gasteiger partial charge in [-0.1, -0.05) is 30.3 Å². The van der Waals surface area contributed by atoms with Gasteiger partial charge in [-0.15, -0.1) is 0 Å². The maximum atomic E-state index is 11.9. The first kappa shape index (κ1) is 17.5. The molecule has 3 N–H and O–H groups in total. The molecule has 0 spiro atoms. The molecule has 0 bridgehead atoms. The van der Waals surface area contributed by atoms with Gasteiger partial charge in [0.05, 0.1) is 11.6 Å². The molecule has 122 valence electrons. The van der Waals surface area contributed by atoms with Gasteiger partial charge in [0.25, 0.3) is 5.91 Å². The number of benzene rings is 2. The summed E-state index contributed by atoms with van der Waals surface area (Å²) in [7, 11) is 1.65. The van der Waals surface area contributed by atoms with E-state index in [0.29, 0.717) is 13.1 Å². The fourth-order valence-electron chi connectivity index (χ4n) is 2.25. The molecule has 2 aromatic rings. The van der Waals surface area contributed by atoms with Gasteiger partial charge in [0.15, 0.2) is 6.54 Å². The number of rotatable bonds is 7. The second-order valence-corrected chi connectivity index (χ2v) is 6.24. The van der Waals surface area contributed by atoms with Gasteiger partial charge in [-0.25, -0.2) is 0 Å². The van der Waals surface area contributed by atoms with E-state index in [-0.39, 0.29) is 11.9 Å². The summed E-state index contributed by atoms with van der Waals surface area (Å²) in [5.41, 5.74) is 2.25. The van der Waals surface area contributed by atoms with Crippen LogP contribution in [0.5, 0.6) is 5.75 Å². The number of hydrogen-bond donors (Lipinski definition) is 2. The monoisotopic (exact) mass is 377 g/mol. The summed E-state index contributed by atoms with van der Waals surface area (Å²) >= 11 is 3.49. The molecule has 0 aromatic heterocycles. The molecule has 1 amide bonds. The molecular formula is C18H22BrN2O2+. The van der Waals surface area contributed by atoms with Crippen LogP contribution in [0.15, 0.2) is 53.0 Å².